The zero-order valence-corrected chi connectivity index (χ0v) is 11.3. The molecule has 1 aromatic carbocycles. The third-order valence-corrected chi connectivity index (χ3v) is 2.89. The van der Waals surface area contributed by atoms with Crippen LogP contribution in [-0.2, 0) is 9.53 Å². The molecule has 0 bridgehead atoms. The number of aliphatic hydroxyl groups excluding tert-OH is 1. The number of rotatable bonds is 4. The summed E-state index contributed by atoms with van der Waals surface area (Å²) in [5.41, 5.74) is 0.149. The van der Waals surface area contributed by atoms with Crippen LogP contribution in [0, 0.1) is 0 Å². The van der Waals surface area contributed by atoms with Gasteiger partial charge >= 0.3 is 5.97 Å². The Morgan fingerprint density at radius 2 is 2.29 bits per heavy atom. The lowest BCUT2D eigenvalue weighted by molar-refractivity contribution is -0.153. The van der Waals surface area contributed by atoms with Crippen molar-refractivity contribution in [3.8, 4) is 0 Å². The fourth-order valence-electron chi connectivity index (χ4n) is 1.25. The minimum Gasteiger partial charge on any atom is -0.464 e. The number of hydrogen-bond acceptors (Lipinski definition) is 3. The Morgan fingerprint density at radius 3 is 2.82 bits per heavy atom. The monoisotopic (exact) mass is 324 g/mol. The highest BCUT2D eigenvalue weighted by molar-refractivity contribution is 9.10. The fraction of sp³-hybridized carbons (Fsp3) is 0.364. The van der Waals surface area contributed by atoms with E-state index in [4.69, 9.17) is 11.6 Å². The number of aliphatic hydroxyl groups is 1. The van der Waals surface area contributed by atoms with Gasteiger partial charge in [-0.1, -0.05) is 33.6 Å². The van der Waals surface area contributed by atoms with Crippen LogP contribution in [0.3, 0.4) is 0 Å². The molecule has 0 radical (unpaired) electrons. The molecule has 94 valence electrons. The molecule has 2 unspecified atom stereocenters. The molecule has 0 aliphatic heterocycles. The van der Waals surface area contributed by atoms with E-state index in [1.54, 1.807) is 13.0 Å². The van der Waals surface area contributed by atoms with Crippen LogP contribution in [0.25, 0.3) is 0 Å². The summed E-state index contributed by atoms with van der Waals surface area (Å²) in [6.07, 6.45) is -3.77. The van der Waals surface area contributed by atoms with E-state index in [9.17, 15) is 14.3 Å². The van der Waals surface area contributed by atoms with Gasteiger partial charge in [0.2, 0.25) is 6.17 Å². The molecule has 3 nitrogen and oxygen atoms in total. The van der Waals surface area contributed by atoms with E-state index >= 15 is 0 Å². The number of carbonyl (C=O) groups excluding carboxylic acids is 1. The molecule has 0 saturated heterocycles. The van der Waals surface area contributed by atoms with Gasteiger partial charge in [0.25, 0.3) is 0 Å². The third kappa shape index (κ3) is 3.66. The molecule has 6 heteroatoms. The molecule has 1 N–H and O–H groups in total. The summed E-state index contributed by atoms with van der Waals surface area (Å²) in [6, 6.07) is 4.56. The lowest BCUT2D eigenvalue weighted by Gasteiger charge is -2.16. The first kappa shape index (κ1) is 14.4. The Hall–Kier alpha value is -0.650. The Morgan fingerprint density at radius 1 is 1.65 bits per heavy atom. The van der Waals surface area contributed by atoms with E-state index in [-0.39, 0.29) is 17.2 Å². The minimum atomic E-state index is -2.14. The van der Waals surface area contributed by atoms with Crippen LogP contribution in [0.5, 0.6) is 0 Å². The van der Waals surface area contributed by atoms with Gasteiger partial charge in [0, 0.05) is 15.1 Å². The number of alkyl halides is 1. The number of halogens is 3. The highest BCUT2D eigenvalue weighted by Gasteiger charge is 2.30. The number of hydrogen-bond donors (Lipinski definition) is 1. The van der Waals surface area contributed by atoms with Crippen molar-refractivity contribution in [1.82, 2.24) is 0 Å². The maximum Gasteiger partial charge on any atom is 0.343 e. The van der Waals surface area contributed by atoms with Gasteiger partial charge in [-0.2, -0.15) is 0 Å². The normalized spacial score (nSPS) is 14.2. The second-order valence-electron chi connectivity index (χ2n) is 3.26. The maximum atomic E-state index is 13.5. The van der Waals surface area contributed by atoms with Crippen molar-refractivity contribution in [1.29, 1.82) is 0 Å². The lowest BCUT2D eigenvalue weighted by Crippen LogP contribution is -2.26. The Labute approximate surface area is 112 Å². The molecular weight excluding hydrogens is 314 g/mol. The summed E-state index contributed by atoms with van der Waals surface area (Å²) in [6.45, 7) is 1.61. The van der Waals surface area contributed by atoms with E-state index < -0.39 is 18.2 Å². The van der Waals surface area contributed by atoms with Crippen LogP contribution in [-0.4, -0.2) is 23.9 Å². The van der Waals surface area contributed by atoms with Gasteiger partial charge in [-0.3, -0.25) is 0 Å². The highest BCUT2D eigenvalue weighted by atomic mass is 79.9. The van der Waals surface area contributed by atoms with Crippen molar-refractivity contribution >= 4 is 33.5 Å². The van der Waals surface area contributed by atoms with E-state index in [0.717, 1.165) is 0 Å². The summed E-state index contributed by atoms with van der Waals surface area (Å²) in [5.74, 6) is -1.10. The molecule has 0 amide bonds. The van der Waals surface area contributed by atoms with Crippen molar-refractivity contribution in [3.05, 3.63) is 33.3 Å². The first-order valence-electron chi connectivity index (χ1n) is 4.91. The SMILES string of the molecule is CCOC(=O)C(F)C(O)c1ccc(Br)cc1Cl. The fourth-order valence-corrected chi connectivity index (χ4v) is 2.03. The molecule has 0 saturated carbocycles. The van der Waals surface area contributed by atoms with E-state index in [1.807, 2.05) is 0 Å². The molecule has 1 aromatic rings. The topological polar surface area (TPSA) is 46.5 Å². The first-order valence-corrected chi connectivity index (χ1v) is 6.08. The summed E-state index contributed by atoms with van der Waals surface area (Å²) in [7, 11) is 0. The number of esters is 1. The molecular formula is C11H11BrClFO3. The third-order valence-electron chi connectivity index (χ3n) is 2.07. The summed E-state index contributed by atoms with van der Waals surface area (Å²) >= 11 is 9.03. The number of ether oxygens (including phenoxy) is 1. The summed E-state index contributed by atoms with van der Waals surface area (Å²) in [4.78, 5) is 11.1. The zero-order valence-electron chi connectivity index (χ0n) is 8.99. The van der Waals surface area contributed by atoms with Crippen molar-refractivity contribution < 1.29 is 19.0 Å². The van der Waals surface area contributed by atoms with Crippen LogP contribution in [0.2, 0.25) is 5.02 Å². The molecule has 1 rings (SSSR count). The van der Waals surface area contributed by atoms with Gasteiger partial charge in [0.15, 0.2) is 0 Å². The van der Waals surface area contributed by atoms with Crippen molar-refractivity contribution in [3.63, 3.8) is 0 Å². The quantitative estimate of drug-likeness (QED) is 0.866. The summed E-state index contributed by atoms with van der Waals surface area (Å²) in [5, 5.41) is 9.86. The minimum absolute atomic E-state index is 0.0556. The average molecular weight is 326 g/mol. The van der Waals surface area contributed by atoms with Crippen molar-refractivity contribution in [2.45, 2.75) is 19.2 Å². The lowest BCUT2D eigenvalue weighted by atomic mass is 10.1. The molecule has 0 spiro atoms. The molecule has 0 aliphatic rings. The van der Waals surface area contributed by atoms with E-state index in [0.29, 0.717) is 4.47 Å². The average Bonchev–Trinajstić information content (AvgIpc) is 2.27. The molecule has 0 fully saturated rings. The molecule has 17 heavy (non-hydrogen) atoms. The van der Waals surface area contributed by atoms with Crippen molar-refractivity contribution in [2.24, 2.45) is 0 Å². The van der Waals surface area contributed by atoms with Gasteiger partial charge < -0.3 is 9.84 Å². The van der Waals surface area contributed by atoms with Crippen LogP contribution >= 0.6 is 27.5 Å². The van der Waals surface area contributed by atoms with Gasteiger partial charge in [0.1, 0.15) is 6.10 Å². The van der Waals surface area contributed by atoms with Gasteiger partial charge in [-0.25, -0.2) is 9.18 Å². The second-order valence-corrected chi connectivity index (χ2v) is 4.59. The molecule has 0 heterocycles. The summed E-state index contributed by atoms with van der Waals surface area (Å²) < 4.78 is 18.7. The Kier molecular flexibility index (Phi) is 5.36. The zero-order chi connectivity index (χ0) is 13.0. The smallest absolute Gasteiger partial charge is 0.343 e. The molecule has 0 aromatic heterocycles. The van der Waals surface area contributed by atoms with Gasteiger partial charge in [0.05, 0.1) is 6.61 Å². The van der Waals surface area contributed by atoms with Crippen LogP contribution in [0.4, 0.5) is 4.39 Å². The van der Waals surface area contributed by atoms with E-state index in [2.05, 4.69) is 20.7 Å². The van der Waals surface area contributed by atoms with Crippen LogP contribution < -0.4 is 0 Å². The molecule has 0 aliphatic carbocycles. The Balaban J connectivity index is 2.88. The Bertz CT molecular complexity index is 414. The maximum absolute atomic E-state index is 13.5. The second kappa shape index (κ2) is 6.33. The number of carbonyl (C=O) groups is 1. The standard InChI is InChI=1S/C11H11BrClFO3/c1-2-17-11(16)9(14)10(15)7-4-3-6(12)5-8(7)13/h3-5,9-10,15H,2H2,1H3. The van der Waals surface area contributed by atoms with E-state index in [1.165, 1.54) is 12.1 Å². The van der Waals surface area contributed by atoms with Crippen molar-refractivity contribution in [2.75, 3.05) is 6.61 Å². The predicted molar refractivity (Wildman–Crippen MR) is 65.6 cm³/mol. The van der Waals surface area contributed by atoms with Gasteiger partial charge in [-0.15, -0.1) is 0 Å². The number of benzene rings is 1. The van der Waals surface area contributed by atoms with Crippen LogP contribution in [0.15, 0.2) is 22.7 Å². The largest absolute Gasteiger partial charge is 0.464 e. The van der Waals surface area contributed by atoms with Gasteiger partial charge in [-0.05, 0) is 19.1 Å². The first-order chi connectivity index (χ1) is 7.97. The van der Waals surface area contributed by atoms with Crippen LogP contribution in [0.1, 0.15) is 18.6 Å². The molecule has 2 atom stereocenters. The predicted octanol–water partition coefficient (Wildman–Crippen LogP) is 3.04. The highest BCUT2D eigenvalue weighted by Crippen LogP contribution is 2.29.